The van der Waals surface area contributed by atoms with Gasteiger partial charge in [0.1, 0.15) is 0 Å². The second-order valence-electron chi connectivity index (χ2n) is 8.54. The lowest BCUT2D eigenvalue weighted by atomic mass is 9.77. The summed E-state index contributed by atoms with van der Waals surface area (Å²) >= 11 is 0. The van der Waals surface area contributed by atoms with E-state index in [-0.39, 0.29) is 10.8 Å². The van der Waals surface area contributed by atoms with Gasteiger partial charge in [0.05, 0.1) is 0 Å². The van der Waals surface area contributed by atoms with Crippen molar-refractivity contribution in [3.05, 3.63) is 65.3 Å². The van der Waals surface area contributed by atoms with Gasteiger partial charge in [-0.3, -0.25) is 0 Å². The second-order valence-corrected chi connectivity index (χ2v) is 8.54. The zero-order valence-corrected chi connectivity index (χ0v) is 16.9. The van der Waals surface area contributed by atoms with Crippen LogP contribution in [0, 0.1) is 5.41 Å². The highest BCUT2D eigenvalue weighted by Crippen LogP contribution is 2.37. The maximum Gasteiger partial charge on any atom is -0.0106 e. The van der Waals surface area contributed by atoms with Crippen molar-refractivity contribution >= 4 is 17.7 Å². The molecule has 0 nitrogen and oxygen atoms in total. The van der Waals surface area contributed by atoms with Crippen molar-refractivity contribution in [3.8, 4) is 0 Å². The lowest BCUT2D eigenvalue weighted by Gasteiger charge is -2.27. The van der Waals surface area contributed by atoms with Gasteiger partial charge >= 0.3 is 0 Å². The molecule has 0 aliphatic heterocycles. The third-order valence-corrected chi connectivity index (χ3v) is 4.79. The van der Waals surface area contributed by atoms with Crippen LogP contribution in [0.2, 0.25) is 0 Å². The van der Waals surface area contributed by atoms with Crippen molar-refractivity contribution in [1.82, 2.24) is 0 Å². The van der Waals surface area contributed by atoms with Gasteiger partial charge in [-0.2, -0.15) is 0 Å². The smallest absolute Gasteiger partial charge is 0.0106 e. The first kappa shape index (κ1) is 20.2. The Morgan fingerprint density at radius 1 is 0.917 bits per heavy atom. The molecule has 0 aliphatic rings. The minimum Gasteiger partial charge on any atom is -0.0991 e. The van der Waals surface area contributed by atoms with Crippen LogP contribution in [-0.2, 0) is 5.41 Å². The molecule has 1 rings (SSSR count). The number of hydrogen-bond donors (Lipinski definition) is 0. The molecule has 0 atom stereocenters. The summed E-state index contributed by atoms with van der Waals surface area (Å²) < 4.78 is 0. The molecule has 1 aromatic carbocycles. The van der Waals surface area contributed by atoms with Gasteiger partial charge in [-0.25, -0.2) is 0 Å². The highest BCUT2D eigenvalue weighted by molar-refractivity contribution is 5.82. The van der Waals surface area contributed by atoms with E-state index in [1.165, 1.54) is 33.4 Å². The molecule has 0 spiro atoms. The lowest BCUT2D eigenvalue weighted by molar-refractivity contribution is 0.505. The molecule has 0 unspecified atom stereocenters. The molecule has 1 aromatic rings. The van der Waals surface area contributed by atoms with Crippen LogP contribution >= 0.6 is 0 Å². The maximum atomic E-state index is 4.09. The number of allylic oxidation sites excluding steroid dienone is 4. The molecule has 130 valence electrons. The summed E-state index contributed by atoms with van der Waals surface area (Å²) in [5.41, 5.74) is 8.05. The summed E-state index contributed by atoms with van der Waals surface area (Å²) in [5, 5.41) is 0. The SMILES string of the molecule is C=C/C=C\c1c(/C(C)=C(\C)C(C)(C)C)ccc(C(C)(C)C)c1C=C. The van der Waals surface area contributed by atoms with Gasteiger partial charge in [0.25, 0.3) is 0 Å². The fraction of sp³-hybridized carbons (Fsp3) is 0.417. The molecule has 0 N–H and O–H groups in total. The minimum atomic E-state index is 0.0789. The van der Waals surface area contributed by atoms with Gasteiger partial charge in [0.2, 0.25) is 0 Å². The van der Waals surface area contributed by atoms with Gasteiger partial charge in [0, 0.05) is 0 Å². The van der Waals surface area contributed by atoms with E-state index in [0.717, 1.165) is 0 Å². The molecule has 0 radical (unpaired) electrons. The third kappa shape index (κ3) is 4.38. The first-order valence-corrected chi connectivity index (χ1v) is 8.72. The largest absolute Gasteiger partial charge is 0.0991 e. The van der Waals surface area contributed by atoms with Crippen LogP contribution in [-0.4, -0.2) is 0 Å². The van der Waals surface area contributed by atoms with Gasteiger partial charge in [-0.05, 0) is 52.5 Å². The molecule has 0 aliphatic carbocycles. The molecule has 0 heteroatoms. The van der Waals surface area contributed by atoms with Crippen molar-refractivity contribution in [3.63, 3.8) is 0 Å². The first-order chi connectivity index (χ1) is 10.9. The number of rotatable bonds is 4. The summed E-state index contributed by atoms with van der Waals surface area (Å²) in [6, 6.07) is 4.53. The summed E-state index contributed by atoms with van der Waals surface area (Å²) in [4.78, 5) is 0. The Morgan fingerprint density at radius 3 is 1.92 bits per heavy atom. The van der Waals surface area contributed by atoms with Gasteiger partial charge < -0.3 is 0 Å². The zero-order chi connectivity index (χ0) is 18.7. The monoisotopic (exact) mass is 322 g/mol. The van der Waals surface area contributed by atoms with Gasteiger partial charge in [-0.1, -0.05) is 96.7 Å². The molecule has 24 heavy (non-hydrogen) atoms. The van der Waals surface area contributed by atoms with E-state index >= 15 is 0 Å². The Kier molecular flexibility index (Phi) is 6.22. The van der Waals surface area contributed by atoms with Crippen molar-refractivity contribution < 1.29 is 0 Å². The van der Waals surface area contributed by atoms with E-state index in [4.69, 9.17) is 0 Å². The maximum absolute atomic E-state index is 4.09. The molecule has 0 fully saturated rings. The Bertz CT molecular complexity index is 680. The second kappa shape index (κ2) is 7.38. The quantitative estimate of drug-likeness (QED) is 0.499. The number of hydrogen-bond acceptors (Lipinski definition) is 0. The van der Waals surface area contributed by atoms with Crippen LogP contribution in [0.1, 0.15) is 77.6 Å². The molecule has 0 saturated heterocycles. The zero-order valence-electron chi connectivity index (χ0n) is 16.9. The Morgan fingerprint density at radius 2 is 1.50 bits per heavy atom. The topological polar surface area (TPSA) is 0 Å². The van der Waals surface area contributed by atoms with E-state index in [1.807, 2.05) is 18.2 Å². The predicted molar refractivity (Wildman–Crippen MR) is 112 cm³/mol. The molecule has 0 saturated carbocycles. The Labute approximate surface area is 149 Å². The Hall–Kier alpha value is -1.82. The van der Waals surface area contributed by atoms with E-state index in [0.29, 0.717) is 0 Å². The predicted octanol–water partition coefficient (Wildman–Crippen LogP) is 7.67. The fourth-order valence-corrected chi connectivity index (χ4v) is 2.95. The molecular formula is C24H34. The highest BCUT2D eigenvalue weighted by Gasteiger charge is 2.22. The van der Waals surface area contributed by atoms with Crippen LogP contribution in [0.3, 0.4) is 0 Å². The molecule has 0 heterocycles. The lowest BCUT2D eigenvalue weighted by Crippen LogP contribution is -2.15. The van der Waals surface area contributed by atoms with Crippen LogP contribution in [0.25, 0.3) is 17.7 Å². The third-order valence-electron chi connectivity index (χ3n) is 4.79. The van der Waals surface area contributed by atoms with E-state index in [2.05, 4.69) is 86.8 Å². The standard InChI is InChI=1S/C24H34/c1-11-13-14-21-19(12-2)22(24(8,9)10)16-15-20(21)17(3)18(4)23(5,6)7/h11-16H,1-2H2,3-10H3/b14-13-,18-17+. The van der Waals surface area contributed by atoms with Gasteiger partial charge in [-0.15, -0.1) is 0 Å². The number of benzene rings is 1. The molecule has 0 amide bonds. The van der Waals surface area contributed by atoms with Crippen molar-refractivity contribution in [2.24, 2.45) is 5.41 Å². The van der Waals surface area contributed by atoms with E-state index in [9.17, 15) is 0 Å². The summed E-state index contributed by atoms with van der Waals surface area (Å²) in [6.07, 6.45) is 7.99. The molecule has 0 aromatic heterocycles. The minimum absolute atomic E-state index is 0.0789. The Balaban J connectivity index is 3.85. The van der Waals surface area contributed by atoms with Gasteiger partial charge in [0.15, 0.2) is 0 Å². The molecular weight excluding hydrogens is 288 g/mol. The van der Waals surface area contributed by atoms with Crippen LogP contribution in [0.4, 0.5) is 0 Å². The highest BCUT2D eigenvalue weighted by atomic mass is 14.3. The van der Waals surface area contributed by atoms with Crippen LogP contribution in [0.15, 0.2) is 43.0 Å². The van der Waals surface area contributed by atoms with E-state index < -0.39 is 0 Å². The van der Waals surface area contributed by atoms with Crippen molar-refractivity contribution in [2.45, 2.75) is 60.8 Å². The average molecular weight is 323 g/mol. The summed E-state index contributed by atoms with van der Waals surface area (Å²) in [7, 11) is 0. The van der Waals surface area contributed by atoms with Crippen LogP contribution < -0.4 is 0 Å². The van der Waals surface area contributed by atoms with Crippen molar-refractivity contribution in [1.29, 1.82) is 0 Å². The summed E-state index contributed by atoms with van der Waals surface area (Å²) in [5.74, 6) is 0. The normalized spacial score (nSPS) is 13.8. The van der Waals surface area contributed by atoms with E-state index in [1.54, 1.807) is 0 Å². The first-order valence-electron chi connectivity index (χ1n) is 8.72. The van der Waals surface area contributed by atoms with Crippen molar-refractivity contribution in [2.75, 3.05) is 0 Å². The summed E-state index contributed by atoms with van der Waals surface area (Å²) in [6.45, 7) is 25.9. The average Bonchev–Trinajstić information content (AvgIpc) is 2.48. The molecule has 0 bridgehead atoms. The fourth-order valence-electron chi connectivity index (χ4n) is 2.95. The van der Waals surface area contributed by atoms with Crippen LogP contribution in [0.5, 0.6) is 0 Å².